The molecule has 0 aliphatic heterocycles. The number of hydrogen-bond acceptors (Lipinski definition) is 4. The highest BCUT2D eigenvalue weighted by Crippen LogP contribution is 2.37. The van der Waals surface area contributed by atoms with Crippen molar-refractivity contribution in [3.8, 4) is 33.9 Å². The number of fused-ring (bicyclic) bond motifs is 3. The van der Waals surface area contributed by atoms with Crippen LogP contribution in [0, 0.1) is 0 Å². The molecule has 7 rings (SSSR count). The van der Waals surface area contributed by atoms with E-state index in [1.165, 1.54) is 5.56 Å². The molecule has 0 saturated carbocycles. The summed E-state index contributed by atoms with van der Waals surface area (Å²) in [6, 6.07) is 30.4. The zero-order valence-corrected chi connectivity index (χ0v) is 25.2. The fourth-order valence-electron chi connectivity index (χ4n) is 4.96. The molecule has 4 aromatic carbocycles. The molecule has 0 fully saturated rings. The summed E-state index contributed by atoms with van der Waals surface area (Å²) in [6.45, 7) is 8.00. The molecular weight excluding hydrogens is 538 g/mol. The Balaban J connectivity index is 0.000000847. The minimum atomic E-state index is 0.602. The summed E-state index contributed by atoms with van der Waals surface area (Å²) < 4.78 is 6.13. The van der Waals surface area contributed by atoms with Gasteiger partial charge in [0, 0.05) is 32.5 Å². The second-order valence-electron chi connectivity index (χ2n) is 9.31. The molecular formula is C37H34ClN3O. The Bertz CT molecular complexity index is 1870. The molecule has 42 heavy (non-hydrogen) atoms. The van der Waals surface area contributed by atoms with Gasteiger partial charge in [0.05, 0.1) is 0 Å². The molecule has 0 unspecified atom stereocenters. The standard InChI is InChI=1S/C33H22ClN3O.2C2H6/c34-25-18-19-28-27(20-25)30-26(12-7-13-29(30)38-28)33-36-31(23-10-5-2-6-11-23)35-32(37-33)24-16-14-22(15-17-24)21-8-3-1-4-9-21;2*1-2/h1,3-5,7-20H,2,6H2;2*1-2H3. The van der Waals surface area contributed by atoms with Gasteiger partial charge in [-0.1, -0.05) is 124 Å². The summed E-state index contributed by atoms with van der Waals surface area (Å²) in [4.78, 5) is 14.9. The number of nitrogens with zero attached hydrogens (tertiary/aromatic N) is 3. The first-order valence-electron chi connectivity index (χ1n) is 14.6. The quantitative estimate of drug-likeness (QED) is 0.211. The summed E-state index contributed by atoms with van der Waals surface area (Å²) in [7, 11) is 0. The van der Waals surface area contributed by atoms with Crippen molar-refractivity contribution in [2.45, 2.75) is 40.5 Å². The Morgan fingerprint density at radius 3 is 2.05 bits per heavy atom. The SMILES string of the molecule is CC.CC.Clc1ccc2oc3cccc(-c4nc(C5=CCCC=C5)nc(-c5ccc(-c6ccccc6)cc5)n4)c3c2c1. The number of rotatable bonds is 4. The number of allylic oxidation sites excluding steroid dienone is 4. The smallest absolute Gasteiger partial charge is 0.164 e. The Kier molecular flexibility index (Phi) is 9.25. The Morgan fingerprint density at radius 1 is 0.619 bits per heavy atom. The summed E-state index contributed by atoms with van der Waals surface area (Å²) in [5.41, 5.74) is 6.69. The maximum Gasteiger partial charge on any atom is 0.164 e. The highest BCUT2D eigenvalue weighted by Gasteiger charge is 2.18. The van der Waals surface area contributed by atoms with Crippen molar-refractivity contribution in [1.29, 1.82) is 0 Å². The fraction of sp³-hybridized carbons (Fsp3) is 0.162. The van der Waals surface area contributed by atoms with E-state index in [9.17, 15) is 0 Å². The largest absolute Gasteiger partial charge is 0.456 e. The first-order valence-corrected chi connectivity index (χ1v) is 15.0. The minimum Gasteiger partial charge on any atom is -0.456 e. The van der Waals surface area contributed by atoms with Gasteiger partial charge in [-0.05, 0) is 48.2 Å². The van der Waals surface area contributed by atoms with E-state index in [2.05, 4.69) is 54.6 Å². The van der Waals surface area contributed by atoms with E-state index in [-0.39, 0.29) is 0 Å². The number of furan rings is 1. The van der Waals surface area contributed by atoms with E-state index in [4.69, 9.17) is 31.0 Å². The van der Waals surface area contributed by atoms with Crippen molar-refractivity contribution in [3.63, 3.8) is 0 Å². The molecule has 210 valence electrons. The highest BCUT2D eigenvalue weighted by molar-refractivity contribution is 6.32. The summed E-state index contributed by atoms with van der Waals surface area (Å²) >= 11 is 6.37. The number of halogens is 1. The second-order valence-corrected chi connectivity index (χ2v) is 9.75. The summed E-state index contributed by atoms with van der Waals surface area (Å²) in [5.74, 6) is 1.90. The van der Waals surface area contributed by atoms with E-state index in [0.717, 1.165) is 57.0 Å². The zero-order chi connectivity index (χ0) is 29.5. The Labute approximate surface area is 252 Å². The molecule has 1 aliphatic rings. The second kappa shape index (κ2) is 13.4. The predicted octanol–water partition coefficient (Wildman–Crippen LogP) is 11.2. The van der Waals surface area contributed by atoms with Gasteiger partial charge in [-0.3, -0.25) is 0 Å². The van der Waals surface area contributed by atoms with Crippen LogP contribution in [0.4, 0.5) is 0 Å². The van der Waals surface area contributed by atoms with Crippen molar-refractivity contribution < 1.29 is 4.42 Å². The first kappa shape index (κ1) is 29.0. The lowest BCUT2D eigenvalue weighted by Gasteiger charge is -2.11. The van der Waals surface area contributed by atoms with Crippen molar-refractivity contribution in [3.05, 3.63) is 120 Å². The van der Waals surface area contributed by atoms with Crippen molar-refractivity contribution in [2.24, 2.45) is 0 Å². The molecule has 0 saturated heterocycles. The number of aromatic nitrogens is 3. The van der Waals surface area contributed by atoms with Crippen LogP contribution in [-0.2, 0) is 0 Å². The maximum atomic E-state index is 6.37. The highest BCUT2D eigenvalue weighted by atomic mass is 35.5. The molecule has 5 heteroatoms. The molecule has 0 radical (unpaired) electrons. The number of benzene rings is 4. The van der Waals surface area contributed by atoms with Gasteiger partial charge in [0.15, 0.2) is 17.5 Å². The third-order valence-electron chi connectivity index (χ3n) is 6.84. The van der Waals surface area contributed by atoms with Crippen molar-refractivity contribution >= 4 is 39.1 Å². The van der Waals surface area contributed by atoms with Crippen LogP contribution in [0.15, 0.2) is 114 Å². The normalized spacial score (nSPS) is 12.3. The van der Waals surface area contributed by atoms with E-state index in [1.807, 2.05) is 82.3 Å². The van der Waals surface area contributed by atoms with Crippen molar-refractivity contribution in [1.82, 2.24) is 15.0 Å². The van der Waals surface area contributed by atoms with Gasteiger partial charge < -0.3 is 4.42 Å². The van der Waals surface area contributed by atoms with Crippen LogP contribution in [0.1, 0.15) is 46.4 Å². The third-order valence-corrected chi connectivity index (χ3v) is 7.07. The lowest BCUT2D eigenvalue weighted by atomic mass is 10.0. The van der Waals surface area contributed by atoms with Gasteiger partial charge >= 0.3 is 0 Å². The van der Waals surface area contributed by atoms with Gasteiger partial charge in [0.25, 0.3) is 0 Å². The summed E-state index contributed by atoms with van der Waals surface area (Å²) in [6.07, 6.45) is 8.44. The molecule has 6 aromatic rings. The molecule has 2 aromatic heterocycles. The average molecular weight is 572 g/mol. The van der Waals surface area contributed by atoms with Crippen LogP contribution in [0.5, 0.6) is 0 Å². The van der Waals surface area contributed by atoms with Crippen molar-refractivity contribution in [2.75, 3.05) is 0 Å². The topological polar surface area (TPSA) is 51.8 Å². The van der Waals surface area contributed by atoms with Crippen LogP contribution in [0.2, 0.25) is 5.02 Å². The fourth-order valence-corrected chi connectivity index (χ4v) is 5.13. The van der Waals surface area contributed by atoms with E-state index in [0.29, 0.717) is 22.5 Å². The summed E-state index contributed by atoms with van der Waals surface area (Å²) in [5, 5.41) is 2.54. The van der Waals surface area contributed by atoms with Gasteiger partial charge in [0.1, 0.15) is 11.2 Å². The van der Waals surface area contributed by atoms with E-state index < -0.39 is 0 Å². The van der Waals surface area contributed by atoms with Crippen LogP contribution < -0.4 is 0 Å². The lowest BCUT2D eigenvalue weighted by molar-refractivity contribution is 0.669. The molecule has 1 aliphatic carbocycles. The van der Waals surface area contributed by atoms with E-state index in [1.54, 1.807) is 0 Å². The molecule has 0 bridgehead atoms. The zero-order valence-electron chi connectivity index (χ0n) is 24.4. The molecule has 4 nitrogen and oxygen atoms in total. The van der Waals surface area contributed by atoms with Gasteiger partial charge in [-0.25, -0.2) is 15.0 Å². The molecule has 2 heterocycles. The third kappa shape index (κ3) is 5.90. The average Bonchev–Trinajstić information content (AvgIpc) is 3.45. The molecule has 0 amide bonds. The maximum absolute atomic E-state index is 6.37. The lowest BCUT2D eigenvalue weighted by Crippen LogP contribution is -2.03. The Morgan fingerprint density at radius 2 is 1.31 bits per heavy atom. The Hall–Kier alpha value is -4.54. The number of hydrogen-bond donors (Lipinski definition) is 0. The van der Waals surface area contributed by atoms with E-state index >= 15 is 0 Å². The first-order chi connectivity index (χ1) is 20.7. The van der Waals surface area contributed by atoms with Crippen LogP contribution >= 0.6 is 11.6 Å². The van der Waals surface area contributed by atoms with Crippen LogP contribution in [-0.4, -0.2) is 15.0 Å². The molecule has 0 spiro atoms. The predicted molar refractivity (Wildman–Crippen MR) is 177 cm³/mol. The van der Waals surface area contributed by atoms with Crippen LogP contribution in [0.3, 0.4) is 0 Å². The van der Waals surface area contributed by atoms with Gasteiger partial charge in [-0.2, -0.15) is 0 Å². The van der Waals surface area contributed by atoms with Gasteiger partial charge in [0.2, 0.25) is 0 Å². The van der Waals surface area contributed by atoms with Crippen LogP contribution in [0.25, 0.3) is 61.4 Å². The minimum absolute atomic E-state index is 0.602. The van der Waals surface area contributed by atoms with Gasteiger partial charge in [-0.15, -0.1) is 0 Å². The molecule has 0 atom stereocenters. The monoisotopic (exact) mass is 571 g/mol. The molecule has 0 N–H and O–H groups in total.